The smallest absolute Gasteiger partial charge is 0.263 e. The van der Waals surface area contributed by atoms with Crippen molar-refractivity contribution in [3.63, 3.8) is 0 Å². The van der Waals surface area contributed by atoms with Crippen molar-refractivity contribution in [2.75, 3.05) is 12.3 Å². The van der Waals surface area contributed by atoms with Crippen molar-refractivity contribution < 1.29 is 12.8 Å². The quantitative estimate of drug-likeness (QED) is 0.944. The van der Waals surface area contributed by atoms with Crippen LogP contribution in [0.2, 0.25) is 0 Å². The second-order valence-electron chi connectivity index (χ2n) is 4.14. The van der Waals surface area contributed by atoms with Gasteiger partial charge >= 0.3 is 0 Å². The van der Waals surface area contributed by atoms with Crippen LogP contribution < -0.4 is 4.72 Å². The summed E-state index contributed by atoms with van der Waals surface area (Å²) in [5.41, 5.74) is 0.835. The lowest BCUT2D eigenvalue weighted by molar-refractivity contribution is 0.582. The maximum atomic E-state index is 12.2. The minimum absolute atomic E-state index is 0.211. The summed E-state index contributed by atoms with van der Waals surface area (Å²) < 4.78 is 32.1. The monoisotopic (exact) mass is 308 g/mol. The minimum Gasteiger partial charge on any atom is -0.464 e. The van der Waals surface area contributed by atoms with E-state index in [2.05, 4.69) is 9.71 Å². The van der Waals surface area contributed by atoms with Gasteiger partial charge in [-0.2, -0.15) is 0 Å². The number of nitrogens with one attached hydrogen (secondary N) is 1. The molecule has 0 spiro atoms. The molecule has 0 fully saturated rings. The molecular weight excluding hydrogens is 296 g/mol. The Balaban J connectivity index is 1.83. The molecule has 0 aliphatic carbocycles. The van der Waals surface area contributed by atoms with E-state index in [1.807, 2.05) is 6.07 Å². The molecular formula is C13H12N2O3S2. The summed E-state index contributed by atoms with van der Waals surface area (Å²) in [6.45, 7) is 0.653. The van der Waals surface area contributed by atoms with E-state index in [9.17, 15) is 8.42 Å². The predicted molar refractivity (Wildman–Crippen MR) is 79.2 cm³/mol. The van der Waals surface area contributed by atoms with Gasteiger partial charge in [-0.1, -0.05) is 11.8 Å². The lowest BCUT2D eigenvalue weighted by atomic mass is 10.2. The average molecular weight is 308 g/mol. The van der Waals surface area contributed by atoms with Crippen LogP contribution in [-0.4, -0.2) is 25.9 Å². The number of hydrogen-bond acceptors (Lipinski definition) is 5. The summed E-state index contributed by atoms with van der Waals surface area (Å²) >= 11 is 1.41. The van der Waals surface area contributed by atoms with Crippen LogP contribution >= 0.6 is 11.8 Å². The van der Waals surface area contributed by atoms with E-state index in [1.165, 1.54) is 11.8 Å². The van der Waals surface area contributed by atoms with E-state index >= 15 is 0 Å². The highest BCUT2D eigenvalue weighted by Gasteiger charge is 2.18. The van der Waals surface area contributed by atoms with Crippen molar-refractivity contribution in [3.8, 4) is 11.3 Å². The molecule has 5 nitrogen and oxygen atoms in total. The van der Waals surface area contributed by atoms with Crippen molar-refractivity contribution in [2.24, 2.45) is 4.99 Å². The van der Waals surface area contributed by atoms with E-state index in [0.717, 1.165) is 11.3 Å². The van der Waals surface area contributed by atoms with Crippen LogP contribution in [0.5, 0.6) is 0 Å². The normalized spacial score (nSPS) is 15.1. The fourth-order valence-electron chi connectivity index (χ4n) is 1.81. The molecule has 0 saturated heterocycles. The molecule has 0 amide bonds. The van der Waals surface area contributed by atoms with Gasteiger partial charge < -0.3 is 4.42 Å². The van der Waals surface area contributed by atoms with Crippen LogP contribution in [0, 0.1) is 0 Å². The van der Waals surface area contributed by atoms with Gasteiger partial charge in [-0.3, -0.25) is 9.71 Å². The topological polar surface area (TPSA) is 71.7 Å². The highest BCUT2D eigenvalue weighted by atomic mass is 32.2. The maximum absolute atomic E-state index is 12.2. The van der Waals surface area contributed by atoms with Gasteiger partial charge in [0.15, 0.2) is 5.17 Å². The lowest BCUT2D eigenvalue weighted by Crippen LogP contribution is -2.27. The van der Waals surface area contributed by atoms with Crippen molar-refractivity contribution in [1.82, 2.24) is 4.72 Å². The van der Waals surface area contributed by atoms with Crippen molar-refractivity contribution in [2.45, 2.75) is 4.90 Å². The molecule has 0 radical (unpaired) electrons. The minimum atomic E-state index is -3.56. The SMILES string of the molecule is O=S(=O)(NC1=NCCS1)c1ccc(-c2ccco2)cc1. The van der Waals surface area contributed by atoms with Crippen LogP contribution in [0.25, 0.3) is 11.3 Å². The Labute approximate surface area is 121 Å². The highest BCUT2D eigenvalue weighted by molar-refractivity contribution is 8.15. The number of thioether (sulfide) groups is 1. The molecule has 0 atom stereocenters. The molecule has 2 heterocycles. The van der Waals surface area contributed by atoms with E-state index < -0.39 is 10.0 Å². The fourth-order valence-corrected chi connectivity index (χ4v) is 3.84. The van der Waals surface area contributed by atoms with Crippen LogP contribution in [0.3, 0.4) is 0 Å². The Kier molecular flexibility index (Phi) is 3.54. The fraction of sp³-hybridized carbons (Fsp3) is 0.154. The summed E-state index contributed by atoms with van der Waals surface area (Å²) in [7, 11) is -3.56. The first-order valence-corrected chi connectivity index (χ1v) is 8.46. The summed E-state index contributed by atoms with van der Waals surface area (Å²) in [5.74, 6) is 1.52. The van der Waals surface area contributed by atoms with Gasteiger partial charge in [-0.05, 0) is 36.4 Å². The molecule has 104 valence electrons. The number of nitrogens with zero attached hydrogens (tertiary/aromatic N) is 1. The molecule has 1 aromatic heterocycles. The Morgan fingerprint density at radius 3 is 2.60 bits per heavy atom. The van der Waals surface area contributed by atoms with E-state index in [0.29, 0.717) is 17.5 Å². The van der Waals surface area contributed by atoms with Crippen LogP contribution in [0.1, 0.15) is 0 Å². The van der Waals surface area contributed by atoms with Gasteiger partial charge in [-0.15, -0.1) is 0 Å². The molecule has 0 bridgehead atoms. The first-order valence-electron chi connectivity index (χ1n) is 5.99. The van der Waals surface area contributed by atoms with Gasteiger partial charge in [0.1, 0.15) is 5.76 Å². The Hall–Kier alpha value is -1.73. The molecule has 0 unspecified atom stereocenters. The largest absolute Gasteiger partial charge is 0.464 e. The van der Waals surface area contributed by atoms with E-state index in [4.69, 9.17) is 4.42 Å². The highest BCUT2D eigenvalue weighted by Crippen LogP contribution is 2.22. The third-order valence-electron chi connectivity index (χ3n) is 2.78. The molecule has 1 aromatic carbocycles. The van der Waals surface area contributed by atoms with Crippen molar-refractivity contribution >= 4 is 27.0 Å². The molecule has 1 aliphatic heterocycles. The first-order chi connectivity index (χ1) is 9.65. The molecule has 20 heavy (non-hydrogen) atoms. The van der Waals surface area contributed by atoms with Crippen molar-refractivity contribution in [1.29, 1.82) is 0 Å². The third-order valence-corrected chi connectivity index (χ3v) is 5.15. The maximum Gasteiger partial charge on any atom is 0.263 e. The van der Waals surface area contributed by atoms with Gasteiger partial charge in [0.25, 0.3) is 10.0 Å². The van der Waals surface area contributed by atoms with E-state index in [-0.39, 0.29) is 4.90 Å². The molecule has 2 aromatic rings. The average Bonchev–Trinajstić information content (AvgIpc) is 3.11. The molecule has 7 heteroatoms. The Morgan fingerprint density at radius 2 is 2.00 bits per heavy atom. The predicted octanol–water partition coefficient (Wildman–Crippen LogP) is 2.33. The molecule has 0 saturated carbocycles. The molecule has 1 aliphatic rings. The summed E-state index contributed by atoms with van der Waals surface area (Å²) in [5, 5.41) is 0.458. The number of rotatable bonds is 3. The van der Waals surface area contributed by atoms with Crippen LogP contribution in [0.15, 0.2) is 57.0 Å². The number of hydrogen-bond donors (Lipinski definition) is 1. The van der Waals surface area contributed by atoms with Crippen LogP contribution in [-0.2, 0) is 10.0 Å². The zero-order valence-electron chi connectivity index (χ0n) is 10.4. The number of amidine groups is 1. The first kappa shape index (κ1) is 13.3. The van der Waals surface area contributed by atoms with Gasteiger partial charge in [0, 0.05) is 11.3 Å². The number of furan rings is 1. The van der Waals surface area contributed by atoms with Crippen molar-refractivity contribution in [3.05, 3.63) is 42.7 Å². The summed E-state index contributed by atoms with van der Waals surface area (Å²) in [6.07, 6.45) is 1.58. The number of benzene rings is 1. The Morgan fingerprint density at radius 1 is 1.20 bits per heavy atom. The summed E-state index contributed by atoms with van der Waals surface area (Å²) in [4.78, 5) is 4.29. The van der Waals surface area contributed by atoms with Gasteiger partial charge in [0.2, 0.25) is 0 Å². The zero-order valence-corrected chi connectivity index (χ0v) is 12.1. The lowest BCUT2D eigenvalue weighted by Gasteiger charge is -2.07. The van der Waals surface area contributed by atoms with Gasteiger partial charge in [-0.25, -0.2) is 8.42 Å². The third kappa shape index (κ3) is 2.73. The molecule has 1 N–H and O–H groups in total. The summed E-state index contributed by atoms with van der Waals surface area (Å²) in [6, 6.07) is 10.2. The van der Waals surface area contributed by atoms with Gasteiger partial charge in [0.05, 0.1) is 17.7 Å². The Bertz CT molecular complexity index is 719. The second kappa shape index (κ2) is 5.34. The second-order valence-corrected chi connectivity index (χ2v) is 6.91. The zero-order chi connectivity index (χ0) is 14.0. The standard InChI is InChI=1S/C13H12N2O3S2/c16-20(17,15-13-14-7-9-19-13)11-5-3-10(4-6-11)12-2-1-8-18-12/h1-6,8H,7,9H2,(H,14,15). The van der Waals surface area contributed by atoms with E-state index in [1.54, 1.807) is 36.6 Å². The van der Waals surface area contributed by atoms with Crippen LogP contribution in [0.4, 0.5) is 0 Å². The molecule has 3 rings (SSSR count). The number of sulfonamides is 1. The number of aliphatic imine (C=N–C) groups is 1.